The van der Waals surface area contributed by atoms with Crippen LogP contribution in [0.25, 0.3) is 0 Å². The molecule has 1 saturated carbocycles. The van der Waals surface area contributed by atoms with E-state index < -0.39 is 24.3 Å². The van der Waals surface area contributed by atoms with Gasteiger partial charge in [0.2, 0.25) is 6.08 Å². The molecule has 0 spiro atoms. The lowest BCUT2D eigenvalue weighted by molar-refractivity contribution is -0.124. The number of isocyanates is 1. The fourth-order valence-corrected chi connectivity index (χ4v) is 2.32. The maximum absolute atomic E-state index is 13.0. The van der Waals surface area contributed by atoms with Crippen molar-refractivity contribution in [3.05, 3.63) is 35.4 Å². The van der Waals surface area contributed by atoms with Gasteiger partial charge in [-0.2, -0.15) is 4.99 Å². The van der Waals surface area contributed by atoms with Crippen LogP contribution in [0.4, 0.5) is 8.78 Å². The highest BCUT2D eigenvalue weighted by molar-refractivity contribution is 5.43. The van der Waals surface area contributed by atoms with Crippen LogP contribution < -0.4 is 0 Å². The van der Waals surface area contributed by atoms with Gasteiger partial charge in [-0.3, -0.25) is 0 Å². The number of hydrogen-bond acceptors (Lipinski definition) is 2. The molecule has 4 heteroatoms. The molecule has 2 rings (SSSR count). The first-order valence-electron chi connectivity index (χ1n) is 5.02. The van der Waals surface area contributed by atoms with E-state index in [0.717, 1.165) is 5.56 Å². The van der Waals surface area contributed by atoms with Crippen LogP contribution in [0.1, 0.15) is 24.0 Å². The van der Waals surface area contributed by atoms with Crippen molar-refractivity contribution in [2.24, 2.45) is 4.99 Å². The SMILES string of the molecule is Cc1ccccc1C1(N=C=O)CC(F)(F)C1. The molecular weight excluding hydrogens is 212 g/mol. The van der Waals surface area contributed by atoms with Crippen LogP contribution in [0, 0.1) is 6.92 Å². The Hall–Kier alpha value is -1.54. The Labute approximate surface area is 92.0 Å². The van der Waals surface area contributed by atoms with Crippen LogP contribution in [-0.2, 0) is 10.3 Å². The third-order valence-corrected chi connectivity index (χ3v) is 3.01. The molecule has 1 aliphatic rings. The molecule has 0 amide bonds. The molecule has 1 aromatic rings. The molecule has 16 heavy (non-hydrogen) atoms. The number of nitrogens with zero attached hydrogens (tertiary/aromatic N) is 1. The Balaban J connectivity index is 2.44. The molecule has 0 bridgehead atoms. The van der Waals surface area contributed by atoms with Gasteiger partial charge in [0.25, 0.3) is 5.92 Å². The van der Waals surface area contributed by atoms with E-state index in [1.165, 1.54) is 6.08 Å². The van der Waals surface area contributed by atoms with E-state index in [0.29, 0.717) is 5.56 Å². The molecular formula is C12H11F2NO. The Kier molecular flexibility index (Phi) is 2.39. The zero-order chi connectivity index (χ0) is 11.8. The highest BCUT2D eigenvalue weighted by atomic mass is 19.3. The Morgan fingerprint density at radius 1 is 1.31 bits per heavy atom. The number of carbonyl (C=O) groups excluding carboxylic acids is 1. The largest absolute Gasteiger partial charge is 0.253 e. The first kappa shape index (κ1) is 11.0. The standard InChI is InChI=1S/C12H11F2NO/c1-9-4-2-3-5-10(9)11(15-8-16)6-12(13,14)7-11/h2-5H,6-7H2,1H3. The van der Waals surface area contributed by atoms with Gasteiger partial charge in [0.1, 0.15) is 5.54 Å². The average Bonchev–Trinajstić information content (AvgIpc) is 2.15. The summed E-state index contributed by atoms with van der Waals surface area (Å²) < 4.78 is 26.0. The van der Waals surface area contributed by atoms with E-state index in [1.54, 1.807) is 12.1 Å². The number of benzene rings is 1. The highest BCUT2D eigenvalue weighted by Gasteiger charge is 2.58. The van der Waals surface area contributed by atoms with Crippen molar-refractivity contribution >= 4 is 6.08 Å². The zero-order valence-corrected chi connectivity index (χ0v) is 8.84. The normalized spacial score (nSPS) is 20.7. The average molecular weight is 223 g/mol. The lowest BCUT2D eigenvalue weighted by Gasteiger charge is -2.44. The Morgan fingerprint density at radius 2 is 1.94 bits per heavy atom. The number of aryl methyl sites for hydroxylation is 1. The molecule has 0 atom stereocenters. The lowest BCUT2D eigenvalue weighted by Crippen LogP contribution is -2.48. The number of aliphatic imine (C=N–C) groups is 1. The van der Waals surface area contributed by atoms with Crippen LogP contribution in [-0.4, -0.2) is 12.0 Å². The second-order valence-corrected chi connectivity index (χ2v) is 4.26. The summed E-state index contributed by atoms with van der Waals surface area (Å²) in [6.45, 7) is 1.83. The summed E-state index contributed by atoms with van der Waals surface area (Å²) in [5.41, 5.74) is 0.512. The van der Waals surface area contributed by atoms with E-state index in [-0.39, 0.29) is 0 Å². The predicted molar refractivity (Wildman–Crippen MR) is 55.2 cm³/mol. The maximum Gasteiger partial charge on any atom is 0.253 e. The minimum Gasteiger partial charge on any atom is -0.211 e. The van der Waals surface area contributed by atoms with Gasteiger partial charge in [-0.25, -0.2) is 13.6 Å². The van der Waals surface area contributed by atoms with Crippen molar-refractivity contribution in [1.29, 1.82) is 0 Å². The molecule has 0 unspecified atom stereocenters. The minimum absolute atomic E-state index is 0.403. The van der Waals surface area contributed by atoms with Crippen LogP contribution in [0.2, 0.25) is 0 Å². The van der Waals surface area contributed by atoms with Crippen LogP contribution in [0.3, 0.4) is 0 Å². The zero-order valence-electron chi connectivity index (χ0n) is 8.84. The van der Waals surface area contributed by atoms with Gasteiger partial charge in [0, 0.05) is 12.8 Å². The topological polar surface area (TPSA) is 29.4 Å². The van der Waals surface area contributed by atoms with Gasteiger partial charge in [-0.15, -0.1) is 0 Å². The molecule has 0 radical (unpaired) electrons. The number of hydrogen-bond donors (Lipinski definition) is 0. The third-order valence-electron chi connectivity index (χ3n) is 3.01. The predicted octanol–water partition coefficient (Wildman–Crippen LogP) is 2.96. The van der Waals surface area contributed by atoms with Crippen molar-refractivity contribution in [2.45, 2.75) is 31.2 Å². The van der Waals surface area contributed by atoms with Gasteiger partial charge in [0.05, 0.1) is 0 Å². The maximum atomic E-state index is 13.0. The molecule has 1 aliphatic carbocycles. The van der Waals surface area contributed by atoms with Crippen molar-refractivity contribution in [3.63, 3.8) is 0 Å². The molecule has 0 aliphatic heterocycles. The van der Waals surface area contributed by atoms with Gasteiger partial charge in [-0.05, 0) is 18.1 Å². The Bertz CT molecular complexity index is 456. The van der Waals surface area contributed by atoms with Gasteiger partial charge >= 0.3 is 0 Å². The molecule has 0 aromatic heterocycles. The summed E-state index contributed by atoms with van der Waals surface area (Å²) in [5, 5.41) is 0. The highest BCUT2D eigenvalue weighted by Crippen LogP contribution is 2.54. The van der Waals surface area contributed by atoms with Crippen molar-refractivity contribution < 1.29 is 13.6 Å². The monoisotopic (exact) mass is 223 g/mol. The Morgan fingerprint density at radius 3 is 2.44 bits per heavy atom. The number of halogens is 2. The summed E-state index contributed by atoms with van der Waals surface area (Å²) in [6.07, 6.45) is 0.610. The minimum atomic E-state index is -2.72. The lowest BCUT2D eigenvalue weighted by atomic mass is 9.68. The van der Waals surface area contributed by atoms with E-state index in [4.69, 9.17) is 0 Å². The first-order chi connectivity index (χ1) is 7.49. The van der Waals surface area contributed by atoms with E-state index >= 15 is 0 Å². The fraction of sp³-hybridized carbons (Fsp3) is 0.417. The summed E-state index contributed by atoms with van der Waals surface area (Å²) in [6, 6.07) is 7.16. The van der Waals surface area contributed by atoms with Crippen LogP contribution in [0.5, 0.6) is 0 Å². The third kappa shape index (κ3) is 1.65. The summed E-state index contributed by atoms with van der Waals surface area (Å²) in [7, 11) is 0. The van der Waals surface area contributed by atoms with Gasteiger partial charge in [0.15, 0.2) is 0 Å². The summed E-state index contributed by atoms with van der Waals surface area (Å²) in [5.74, 6) is -2.72. The molecule has 1 fully saturated rings. The van der Waals surface area contributed by atoms with E-state index in [9.17, 15) is 13.6 Å². The first-order valence-corrected chi connectivity index (χ1v) is 5.02. The van der Waals surface area contributed by atoms with Crippen molar-refractivity contribution in [3.8, 4) is 0 Å². The smallest absolute Gasteiger partial charge is 0.211 e. The van der Waals surface area contributed by atoms with Gasteiger partial charge in [-0.1, -0.05) is 24.3 Å². The quantitative estimate of drug-likeness (QED) is 0.560. The second kappa shape index (κ2) is 3.49. The fourth-order valence-electron chi connectivity index (χ4n) is 2.32. The number of alkyl halides is 2. The van der Waals surface area contributed by atoms with Gasteiger partial charge < -0.3 is 0 Å². The molecule has 0 heterocycles. The van der Waals surface area contributed by atoms with E-state index in [1.807, 2.05) is 19.1 Å². The summed E-state index contributed by atoms with van der Waals surface area (Å²) in [4.78, 5) is 14.0. The van der Waals surface area contributed by atoms with Crippen LogP contribution in [0.15, 0.2) is 29.3 Å². The second-order valence-electron chi connectivity index (χ2n) is 4.26. The van der Waals surface area contributed by atoms with Crippen LogP contribution >= 0.6 is 0 Å². The molecule has 84 valence electrons. The molecule has 2 nitrogen and oxygen atoms in total. The van der Waals surface area contributed by atoms with Crippen molar-refractivity contribution in [1.82, 2.24) is 0 Å². The molecule has 0 saturated heterocycles. The number of rotatable bonds is 2. The van der Waals surface area contributed by atoms with E-state index in [2.05, 4.69) is 4.99 Å². The molecule has 0 N–H and O–H groups in total. The molecule has 1 aromatic carbocycles. The summed E-state index contributed by atoms with van der Waals surface area (Å²) >= 11 is 0. The van der Waals surface area contributed by atoms with Crippen molar-refractivity contribution in [2.75, 3.05) is 0 Å².